The summed E-state index contributed by atoms with van der Waals surface area (Å²) in [5.41, 5.74) is 6.81. The molecule has 0 unspecified atom stereocenters. The molecule has 0 aromatic heterocycles. The molecule has 0 aliphatic carbocycles. The molecule has 2 N–H and O–H groups in total. The number of piperidine rings is 1. The summed E-state index contributed by atoms with van der Waals surface area (Å²) >= 11 is 0. The van der Waals surface area contributed by atoms with Crippen LogP contribution < -0.4 is 10.6 Å². The van der Waals surface area contributed by atoms with Gasteiger partial charge in [0.1, 0.15) is 18.2 Å². The van der Waals surface area contributed by atoms with Gasteiger partial charge in [-0.25, -0.2) is 0 Å². The van der Waals surface area contributed by atoms with Crippen LogP contribution in [0.2, 0.25) is 0 Å². The lowest BCUT2D eigenvalue weighted by molar-refractivity contribution is -0.383. The first-order chi connectivity index (χ1) is 10.1. The molecule has 1 aromatic rings. The summed E-state index contributed by atoms with van der Waals surface area (Å²) in [6.07, 6.45) is 4.88. The van der Waals surface area contributed by atoms with Crippen LogP contribution in [0.5, 0.6) is 0 Å². The van der Waals surface area contributed by atoms with Crippen molar-refractivity contribution in [1.29, 1.82) is 0 Å². The predicted octanol–water partition coefficient (Wildman–Crippen LogP) is 2.24. The third-order valence-electron chi connectivity index (χ3n) is 3.98. The van der Waals surface area contributed by atoms with Crippen LogP contribution in [0.25, 0.3) is 0 Å². The van der Waals surface area contributed by atoms with Crippen LogP contribution in [0, 0.1) is 16.0 Å². The molecule has 3 rings (SSSR count). The van der Waals surface area contributed by atoms with Crippen molar-refractivity contribution in [3.8, 4) is 0 Å². The highest BCUT2D eigenvalue weighted by Gasteiger charge is 2.30. The molecule has 0 atom stereocenters. The maximum absolute atomic E-state index is 10.8. The molecule has 2 aliphatic rings. The van der Waals surface area contributed by atoms with E-state index in [4.69, 9.17) is 15.2 Å². The fourth-order valence-electron chi connectivity index (χ4n) is 2.81. The molecule has 0 radical (unpaired) electrons. The topological polar surface area (TPSA) is 90.9 Å². The molecule has 1 aromatic carbocycles. The Morgan fingerprint density at radius 1 is 1.24 bits per heavy atom. The second-order valence-electron chi connectivity index (χ2n) is 5.24. The quantitative estimate of drug-likeness (QED) is 0.521. The van der Waals surface area contributed by atoms with Crippen molar-refractivity contribution in [2.45, 2.75) is 19.1 Å². The number of anilines is 2. The van der Waals surface area contributed by atoms with Crippen molar-refractivity contribution in [1.82, 2.24) is 0 Å². The Morgan fingerprint density at radius 2 is 1.90 bits per heavy atom. The first-order valence-corrected chi connectivity index (χ1v) is 6.90. The molecule has 112 valence electrons. The van der Waals surface area contributed by atoms with E-state index in [-0.39, 0.29) is 17.7 Å². The molecule has 0 bridgehead atoms. The highest BCUT2D eigenvalue weighted by Crippen LogP contribution is 2.31. The maximum atomic E-state index is 10.8. The van der Waals surface area contributed by atoms with Crippen LogP contribution in [0.1, 0.15) is 12.8 Å². The molecular weight excluding hydrogens is 274 g/mol. The highest BCUT2D eigenvalue weighted by atomic mass is 16.7. The largest absolute Gasteiger partial charge is 0.459 e. The molecule has 2 aliphatic heterocycles. The van der Waals surface area contributed by atoms with E-state index in [1.54, 1.807) is 24.7 Å². The van der Waals surface area contributed by atoms with Gasteiger partial charge in [0.15, 0.2) is 0 Å². The van der Waals surface area contributed by atoms with Gasteiger partial charge in [0, 0.05) is 30.8 Å². The number of hydrogen-bond acceptors (Lipinski definition) is 6. The molecule has 7 heteroatoms. The van der Waals surface area contributed by atoms with Gasteiger partial charge in [-0.15, -0.1) is 0 Å². The van der Waals surface area contributed by atoms with E-state index >= 15 is 0 Å². The lowest BCUT2D eigenvalue weighted by Crippen LogP contribution is -2.38. The Balaban J connectivity index is 1.64. The Hall–Kier alpha value is -2.44. The molecule has 21 heavy (non-hydrogen) atoms. The lowest BCUT2D eigenvalue weighted by Gasteiger charge is -2.35. The van der Waals surface area contributed by atoms with Crippen LogP contribution in [-0.2, 0) is 9.47 Å². The van der Waals surface area contributed by atoms with Crippen molar-refractivity contribution in [2.24, 2.45) is 5.92 Å². The van der Waals surface area contributed by atoms with Crippen molar-refractivity contribution in [3.63, 3.8) is 0 Å². The fourth-order valence-corrected chi connectivity index (χ4v) is 2.81. The zero-order valence-corrected chi connectivity index (χ0v) is 11.5. The Morgan fingerprint density at radius 3 is 2.48 bits per heavy atom. The highest BCUT2D eigenvalue weighted by molar-refractivity contribution is 5.66. The summed E-state index contributed by atoms with van der Waals surface area (Å²) in [6.45, 7) is 1.70. The number of nitrogen functional groups attached to an aromatic ring is 1. The van der Waals surface area contributed by atoms with Gasteiger partial charge in [0.05, 0.1) is 4.92 Å². The van der Waals surface area contributed by atoms with Crippen LogP contribution in [0.15, 0.2) is 30.7 Å². The Kier molecular flexibility index (Phi) is 3.55. The standard InChI is InChI=1S/C14H17N3O4/c15-12-9-11(1-2-13(12)17(18)19)16-5-3-10(4-6-16)14-20-7-8-21-14/h1-2,7-10,14H,3-6,15H2. The molecular formula is C14H17N3O4. The van der Waals surface area contributed by atoms with Crippen molar-refractivity contribution < 1.29 is 14.4 Å². The molecule has 7 nitrogen and oxygen atoms in total. The normalized spacial score (nSPS) is 19.3. The van der Waals surface area contributed by atoms with Gasteiger partial charge in [-0.05, 0) is 25.0 Å². The van der Waals surface area contributed by atoms with E-state index in [9.17, 15) is 10.1 Å². The maximum Gasteiger partial charge on any atom is 0.292 e. The minimum atomic E-state index is -0.465. The third kappa shape index (κ3) is 2.72. The summed E-state index contributed by atoms with van der Waals surface area (Å²) < 4.78 is 10.8. The number of nitrogens with two attached hydrogens (primary N) is 1. The molecule has 1 fully saturated rings. The van der Waals surface area contributed by atoms with Crippen molar-refractivity contribution in [3.05, 3.63) is 40.8 Å². The summed E-state index contributed by atoms with van der Waals surface area (Å²) in [7, 11) is 0. The van der Waals surface area contributed by atoms with Crippen molar-refractivity contribution >= 4 is 17.1 Å². The second kappa shape index (κ2) is 5.51. The summed E-state index contributed by atoms with van der Waals surface area (Å²) in [5.74, 6) is 0.367. The number of rotatable bonds is 3. The van der Waals surface area contributed by atoms with Gasteiger partial charge in [0.2, 0.25) is 6.29 Å². The van der Waals surface area contributed by atoms with E-state index in [0.717, 1.165) is 31.6 Å². The molecule has 2 heterocycles. The average Bonchev–Trinajstić information content (AvgIpc) is 3.01. The van der Waals surface area contributed by atoms with Crippen LogP contribution in [-0.4, -0.2) is 24.3 Å². The van der Waals surface area contributed by atoms with Crippen LogP contribution in [0.3, 0.4) is 0 Å². The molecule has 0 saturated carbocycles. The smallest absolute Gasteiger partial charge is 0.292 e. The number of hydrogen-bond donors (Lipinski definition) is 1. The summed E-state index contributed by atoms with van der Waals surface area (Å²) in [6, 6.07) is 4.88. The molecule has 0 amide bonds. The van der Waals surface area contributed by atoms with Gasteiger partial charge >= 0.3 is 0 Å². The third-order valence-corrected chi connectivity index (χ3v) is 3.98. The van der Waals surface area contributed by atoms with Gasteiger partial charge < -0.3 is 20.1 Å². The predicted molar refractivity (Wildman–Crippen MR) is 77.5 cm³/mol. The van der Waals surface area contributed by atoms with Gasteiger partial charge in [-0.3, -0.25) is 10.1 Å². The SMILES string of the molecule is Nc1cc(N2CCC(C3OC=CO3)CC2)ccc1[N+](=O)[O-]. The zero-order valence-electron chi connectivity index (χ0n) is 11.5. The number of ether oxygens (including phenoxy) is 2. The molecule has 0 spiro atoms. The number of nitro groups is 1. The van der Waals surface area contributed by atoms with E-state index < -0.39 is 4.92 Å². The number of nitrogens with zero attached hydrogens (tertiary/aromatic N) is 2. The van der Waals surface area contributed by atoms with Gasteiger partial charge in [-0.1, -0.05) is 0 Å². The van der Waals surface area contributed by atoms with Gasteiger partial charge in [0.25, 0.3) is 5.69 Å². The average molecular weight is 291 g/mol. The Bertz CT molecular complexity index is 559. The monoisotopic (exact) mass is 291 g/mol. The second-order valence-corrected chi connectivity index (χ2v) is 5.24. The molecule has 1 saturated heterocycles. The number of nitro benzene ring substituents is 1. The van der Waals surface area contributed by atoms with Crippen molar-refractivity contribution in [2.75, 3.05) is 23.7 Å². The van der Waals surface area contributed by atoms with Gasteiger partial charge in [-0.2, -0.15) is 0 Å². The zero-order chi connectivity index (χ0) is 14.8. The Labute approximate surface area is 122 Å². The first kappa shape index (κ1) is 13.5. The van der Waals surface area contributed by atoms with E-state index in [1.165, 1.54) is 6.07 Å². The minimum absolute atomic E-state index is 0.0486. The van der Waals surface area contributed by atoms with E-state index in [0.29, 0.717) is 5.92 Å². The lowest BCUT2D eigenvalue weighted by atomic mass is 9.95. The van der Waals surface area contributed by atoms with E-state index in [2.05, 4.69) is 4.90 Å². The van der Waals surface area contributed by atoms with Crippen LogP contribution >= 0.6 is 0 Å². The fraction of sp³-hybridized carbons (Fsp3) is 0.429. The van der Waals surface area contributed by atoms with E-state index in [1.807, 2.05) is 0 Å². The first-order valence-electron chi connectivity index (χ1n) is 6.90. The summed E-state index contributed by atoms with van der Waals surface area (Å²) in [5, 5.41) is 10.8. The van der Waals surface area contributed by atoms with Crippen LogP contribution in [0.4, 0.5) is 17.1 Å². The summed E-state index contributed by atoms with van der Waals surface area (Å²) in [4.78, 5) is 12.5. The minimum Gasteiger partial charge on any atom is -0.459 e. The number of benzene rings is 1.